The zero-order chi connectivity index (χ0) is 28.3. The molecule has 0 amide bonds. The summed E-state index contributed by atoms with van der Waals surface area (Å²) in [6.07, 6.45) is 44.5. The fraction of sp³-hybridized carbons (Fsp3) is 0.973. The van der Waals surface area contributed by atoms with Crippen LogP contribution in [0, 0.1) is 0 Å². The molecule has 0 unspecified atom stereocenters. The summed E-state index contributed by atoms with van der Waals surface area (Å²) in [4.78, 5) is 11.9. The van der Waals surface area contributed by atoms with Crippen LogP contribution in [0.1, 0.15) is 226 Å². The Labute approximate surface area is 247 Å². The lowest BCUT2D eigenvalue weighted by Gasteiger charge is -2.06. The predicted octanol–water partition coefficient (Wildman–Crippen LogP) is 13.4. The van der Waals surface area contributed by atoms with Crippen molar-refractivity contribution in [2.24, 2.45) is 0 Å². The van der Waals surface area contributed by atoms with Gasteiger partial charge in [0, 0.05) is 6.42 Å². The van der Waals surface area contributed by atoms with Gasteiger partial charge in [-0.25, -0.2) is 0 Å². The third-order valence-corrected chi connectivity index (χ3v) is 8.50. The summed E-state index contributed by atoms with van der Waals surface area (Å²) in [7, 11) is 0. The Kier molecular flexibility index (Phi) is 35.0. The van der Waals surface area contributed by atoms with Gasteiger partial charge in [-0.15, -0.1) is 0 Å². The Hall–Kier alpha value is -0.530. The minimum Gasteiger partial charge on any atom is -0.466 e. The summed E-state index contributed by atoms with van der Waals surface area (Å²) in [6.45, 7) is 5.22. The van der Waals surface area contributed by atoms with Crippen LogP contribution in [0.4, 0.5) is 0 Å². The number of ether oxygens (including phenoxy) is 1. The van der Waals surface area contributed by atoms with Gasteiger partial charge in [-0.3, -0.25) is 4.79 Å². The standard InChI is InChI=1S/C37H74O2/c1-3-5-7-9-11-13-15-17-19-20-22-24-26-28-30-32-34-36-39-37(38)35-33-31-29-27-25-23-21-18-16-14-12-10-8-6-4-2/h3-36H2,1-2H3. The summed E-state index contributed by atoms with van der Waals surface area (Å²) < 4.78 is 5.45. The van der Waals surface area contributed by atoms with Crippen LogP contribution in [0.15, 0.2) is 0 Å². The van der Waals surface area contributed by atoms with E-state index in [0.29, 0.717) is 13.0 Å². The molecule has 0 aromatic heterocycles. The highest BCUT2D eigenvalue weighted by molar-refractivity contribution is 5.69. The van der Waals surface area contributed by atoms with Crippen molar-refractivity contribution in [3.05, 3.63) is 0 Å². The molecule has 0 spiro atoms. The van der Waals surface area contributed by atoms with Crippen LogP contribution in [0.3, 0.4) is 0 Å². The second-order valence-corrected chi connectivity index (χ2v) is 12.6. The zero-order valence-corrected chi connectivity index (χ0v) is 27.4. The van der Waals surface area contributed by atoms with E-state index in [0.717, 1.165) is 12.8 Å². The van der Waals surface area contributed by atoms with Gasteiger partial charge in [0.1, 0.15) is 0 Å². The fourth-order valence-corrected chi connectivity index (χ4v) is 5.73. The Balaban J connectivity index is 3.14. The smallest absolute Gasteiger partial charge is 0.305 e. The number of esters is 1. The molecule has 0 saturated heterocycles. The molecule has 0 bridgehead atoms. The first kappa shape index (κ1) is 38.5. The van der Waals surface area contributed by atoms with E-state index in [9.17, 15) is 4.79 Å². The molecular formula is C37H74O2. The molecular weight excluding hydrogens is 476 g/mol. The molecule has 0 atom stereocenters. The van der Waals surface area contributed by atoms with Gasteiger partial charge in [-0.05, 0) is 12.8 Å². The highest BCUT2D eigenvalue weighted by atomic mass is 16.5. The monoisotopic (exact) mass is 551 g/mol. The molecule has 0 radical (unpaired) electrons. The van der Waals surface area contributed by atoms with Crippen molar-refractivity contribution in [1.82, 2.24) is 0 Å². The number of hydrogen-bond donors (Lipinski definition) is 0. The van der Waals surface area contributed by atoms with Crippen LogP contribution < -0.4 is 0 Å². The van der Waals surface area contributed by atoms with Crippen LogP contribution in [-0.4, -0.2) is 12.6 Å². The van der Waals surface area contributed by atoms with Crippen molar-refractivity contribution < 1.29 is 9.53 Å². The highest BCUT2D eigenvalue weighted by Gasteiger charge is 2.03. The van der Waals surface area contributed by atoms with Crippen LogP contribution in [0.5, 0.6) is 0 Å². The number of hydrogen-bond acceptors (Lipinski definition) is 2. The molecule has 0 aromatic carbocycles. The van der Waals surface area contributed by atoms with Crippen molar-refractivity contribution >= 4 is 5.97 Å². The lowest BCUT2D eigenvalue weighted by atomic mass is 10.0. The van der Waals surface area contributed by atoms with E-state index in [2.05, 4.69) is 13.8 Å². The summed E-state index contributed by atoms with van der Waals surface area (Å²) in [5, 5.41) is 0. The van der Waals surface area contributed by atoms with E-state index in [1.165, 1.54) is 193 Å². The minimum absolute atomic E-state index is 0.0289. The van der Waals surface area contributed by atoms with Gasteiger partial charge in [-0.2, -0.15) is 0 Å². The molecule has 2 heteroatoms. The molecule has 39 heavy (non-hydrogen) atoms. The average molecular weight is 551 g/mol. The highest BCUT2D eigenvalue weighted by Crippen LogP contribution is 2.15. The van der Waals surface area contributed by atoms with E-state index in [4.69, 9.17) is 4.74 Å². The second kappa shape index (κ2) is 35.5. The Morgan fingerprint density at radius 1 is 0.333 bits per heavy atom. The lowest BCUT2D eigenvalue weighted by Crippen LogP contribution is -2.05. The first-order chi connectivity index (χ1) is 19.3. The maximum absolute atomic E-state index is 11.9. The first-order valence-corrected chi connectivity index (χ1v) is 18.5. The van der Waals surface area contributed by atoms with E-state index >= 15 is 0 Å². The van der Waals surface area contributed by atoms with Crippen molar-refractivity contribution in [3.8, 4) is 0 Å². The van der Waals surface area contributed by atoms with Gasteiger partial charge >= 0.3 is 5.97 Å². The molecule has 0 saturated carbocycles. The summed E-state index contributed by atoms with van der Waals surface area (Å²) >= 11 is 0. The summed E-state index contributed by atoms with van der Waals surface area (Å²) in [5.41, 5.74) is 0. The Morgan fingerprint density at radius 2 is 0.564 bits per heavy atom. The second-order valence-electron chi connectivity index (χ2n) is 12.6. The molecule has 0 aromatic rings. The topological polar surface area (TPSA) is 26.3 Å². The molecule has 0 aliphatic carbocycles. The third kappa shape index (κ3) is 35.4. The molecule has 0 aliphatic rings. The maximum Gasteiger partial charge on any atom is 0.305 e. The lowest BCUT2D eigenvalue weighted by molar-refractivity contribution is -0.143. The SMILES string of the molecule is CCCCCCCCCCCCCCCCCCCOC(=O)CCCCCCCCCCCCCCCCC. The van der Waals surface area contributed by atoms with Crippen LogP contribution >= 0.6 is 0 Å². The molecule has 0 rings (SSSR count). The Morgan fingerprint density at radius 3 is 0.846 bits per heavy atom. The fourth-order valence-electron chi connectivity index (χ4n) is 5.73. The van der Waals surface area contributed by atoms with Crippen molar-refractivity contribution in [1.29, 1.82) is 0 Å². The number of rotatable bonds is 34. The number of unbranched alkanes of at least 4 members (excludes halogenated alkanes) is 30. The first-order valence-electron chi connectivity index (χ1n) is 18.5. The van der Waals surface area contributed by atoms with Gasteiger partial charge in [0.05, 0.1) is 6.61 Å². The predicted molar refractivity (Wildman–Crippen MR) is 175 cm³/mol. The molecule has 0 fully saturated rings. The Bertz CT molecular complexity index is 447. The van der Waals surface area contributed by atoms with E-state index < -0.39 is 0 Å². The van der Waals surface area contributed by atoms with Gasteiger partial charge < -0.3 is 4.74 Å². The minimum atomic E-state index is 0.0289. The van der Waals surface area contributed by atoms with Crippen LogP contribution in [0.25, 0.3) is 0 Å². The van der Waals surface area contributed by atoms with E-state index in [-0.39, 0.29) is 5.97 Å². The van der Waals surface area contributed by atoms with Crippen LogP contribution in [0.2, 0.25) is 0 Å². The number of carbonyl (C=O) groups is 1. The number of carbonyl (C=O) groups excluding carboxylic acids is 1. The van der Waals surface area contributed by atoms with Crippen molar-refractivity contribution in [2.75, 3.05) is 6.61 Å². The normalized spacial score (nSPS) is 11.3. The quantitative estimate of drug-likeness (QED) is 0.0588. The third-order valence-electron chi connectivity index (χ3n) is 8.50. The molecule has 0 heterocycles. The van der Waals surface area contributed by atoms with Crippen molar-refractivity contribution in [2.45, 2.75) is 226 Å². The summed E-state index contributed by atoms with van der Waals surface area (Å²) in [5.74, 6) is 0.0289. The maximum atomic E-state index is 11.9. The van der Waals surface area contributed by atoms with Gasteiger partial charge in [0.2, 0.25) is 0 Å². The van der Waals surface area contributed by atoms with Crippen molar-refractivity contribution in [3.63, 3.8) is 0 Å². The largest absolute Gasteiger partial charge is 0.466 e. The molecule has 0 aliphatic heterocycles. The van der Waals surface area contributed by atoms with E-state index in [1.807, 2.05) is 0 Å². The zero-order valence-electron chi connectivity index (χ0n) is 27.4. The summed E-state index contributed by atoms with van der Waals surface area (Å²) in [6, 6.07) is 0. The molecule has 0 N–H and O–H groups in total. The molecule has 234 valence electrons. The van der Waals surface area contributed by atoms with E-state index in [1.54, 1.807) is 0 Å². The van der Waals surface area contributed by atoms with Gasteiger partial charge in [0.15, 0.2) is 0 Å². The van der Waals surface area contributed by atoms with Crippen LogP contribution in [-0.2, 0) is 9.53 Å². The average Bonchev–Trinajstić information content (AvgIpc) is 2.94. The molecule has 2 nitrogen and oxygen atoms in total. The van der Waals surface area contributed by atoms with Gasteiger partial charge in [-0.1, -0.05) is 206 Å². The van der Waals surface area contributed by atoms with Gasteiger partial charge in [0.25, 0.3) is 0 Å².